The predicted molar refractivity (Wildman–Crippen MR) is 135 cm³/mol. The number of benzene rings is 1. The van der Waals surface area contributed by atoms with Crippen LogP contribution in [0.25, 0.3) is 10.9 Å². The molecule has 0 saturated heterocycles. The van der Waals surface area contributed by atoms with Crippen molar-refractivity contribution in [2.75, 3.05) is 41.9 Å². The van der Waals surface area contributed by atoms with E-state index in [0.717, 1.165) is 41.5 Å². The summed E-state index contributed by atoms with van der Waals surface area (Å²) in [4.78, 5) is 16.4. The van der Waals surface area contributed by atoms with Gasteiger partial charge in [-0.1, -0.05) is 31.0 Å². The molecular formula is C25H33N5OS. The number of aromatic nitrogens is 3. The number of ether oxygens (including phenoxy) is 1. The van der Waals surface area contributed by atoms with Crippen molar-refractivity contribution in [2.24, 2.45) is 5.92 Å². The fraction of sp³-hybridized carbons (Fsp3) is 0.480. The largest absolute Gasteiger partial charge is 0.489 e. The first-order valence-electron chi connectivity index (χ1n) is 11.6. The van der Waals surface area contributed by atoms with Gasteiger partial charge in [0.25, 0.3) is 0 Å². The molecule has 1 fully saturated rings. The maximum atomic E-state index is 5.65. The molecule has 2 aromatic heterocycles. The Hall–Kier alpha value is -2.54. The standard InChI is InChI=1S/C25H33N5OS/c1-3-30(18-19-8-4-5-9-19)24-21(14-20-10-6-7-11-23(20)29-24)15-26-25-27-16-22(17-28-25)31-12-13-32-2/h6-7,10-11,14,16-17,19H,3-5,8-9,12-13,15,18H2,1-2H3,(H,26,27,28). The van der Waals surface area contributed by atoms with Gasteiger partial charge in [0, 0.05) is 36.3 Å². The van der Waals surface area contributed by atoms with Gasteiger partial charge in [-0.2, -0.15) is 11.8 Å². The van der Waals surface area contributed by atoms with Gasteiger partial charge in [-0.3, -0.25) is 0 Å². The second kappa shape index (κ2) is 11.4. The molecule has 2 heterocycles. The van der Waals surface area contributed by atoms with Crippen molar-refractivity contribution in [1.29, 1.82) is 0 Å². The number of thioether (sulfide) groups is 1. The Bertz CT molecular complexity index is 991. The molecule has 32 heavy (non-hydrogen) atoms. The van der Waals surface area contributed by atoms with Crippen LogP contribution in [0.5, 0.6) is 5.75 Å². The normalized spacial score (nSPS) is 14.1. The van der Waals surface area contributed by atoms with Gasteiger partial charge in [0.1, 0.15) is 5.82 Å². The molecule has 0 spiro atoms. The number of nitrogens with zero attached hydrogens (tertiary/aromatic N) is 4. The summed E-state index contributed by atoms with van der Waals surface area (Å²) >= 11 is 1.76. The number of fused-ring (bicyclic) bond motifs is 1. The summed E-state index contributed by atoms with van der Waals surface area (Å²) in [5.74, 6) is 4.09. The first-order valence-corrected chi connectivity index (χ1v) is 13.0. The summed E-state index contributed by atoms with van der Waals surface area (Å²) < 4.78 is 5.65. The average molecular weight is 452 g/mol. The molecule has 7 heteroatoms. The minimum atomic E-state index is 0.597. The molecule has 1 N–H and O–H groups in total. The van der Waals surface area contributed by atoms with Crippen molar-refractivity contribution < 1.29 is 4.74 Å². The summed E-state index contributed by atoms with van der Waals surface area (Å²) in [6, 6.07) is 10.6. The van der Waals surface area contributed by atoms with Crippen LogP contribution >= 0.6 is 11.8 Å². The fourth-order valence-electron chi connectivity index (χ4n) is 4.32. The third-order valence-electron chi connectivity index (χ3n) is 6.04. The van der Waals surface area contributed by atoms with Gasteiger partial charge in [-0.05, 0) is 44.1 Å². The van der Waals surface area contributed by atoms with Gasteiger partial charge < -0.3 is 15.0 Å². The van der Waals surface area contributed by atoms with Crippen molar-refractivity contribution in [3.8, 4) is 5.75 Å². The van der Waals surface area contributed by atoms with Gasteiger partial charge in [0.05, 0.1) is 24.5 Å². The van der Waals surface area contributed by atoms with E-state index in [0.29, 0.717) is 24.8 Å². The van der Waals surface area contributed by atoms with E-state index in [4.69, 9.17) is 9.72 Å². The predicted octanol–water partition coefficient (Wildman–Crippen LogP) is 5.40. The van der Waals surface area contributed by atoms with E-state index in [9.17, 15) is 0 Å². The van der Waals surface area contributed by atoms with Crippen molar-refractivity contribution in [3.63, 3.8) is 0 Å². The Morgan fingerprint density at radius 2 is 1.94 bits per heavy atom. The van der Waals surface area contributed by atoms with Gasteiger partial charge >= 0.3 is 0 Å². The molecule has 0 bridgehead atoms. The molecule has 3 aromatic rings. The monoisotopic (exact) mass is 451 g/mol. The molecule has 4 rings (SSSR count). The SMILES string of the molecule is CCN(CC1CCCC1)c1nc2ccccc2cc1CNc1ncc(OCCSC)cn1. The van der Waals surface area contributed by atoms with Gasteiger partial charge in [0.2, 0.25) is 5.95 Å². The van der Waals surface area contributed by atoms with E-state index in [1.54, 1.807) is 24.2 Å². The summed E-state index contributed by atoms with van der Waals surface area (Å²) in [6.07, 6.45) is 10.9. The minimum Gasteiger partial charge on any atom is -0.489 e. The van der Waals surface area contributed by atoms with E-state index in [-0.39, 0.29) is 0 Å². The van der Waals surface area contributed by atoms with E-state index >= 15 is 0 Å². The highest BCUT2D eigenvalue weighted by atomic mass is 32.2. The van der Waals surface area contributed by atoms with Crippen LogP contribution in [0.3, 0.4) is 0 Å². The summed E-state index contributed by atoms with van der Waals surface area (Å²) in [7, 11) is 0. The Labute approximate surface area is 195 Å². The number of para-hydroxylation sites is 1. The number of nitrogens with one attached hydrogen (secondary N) is 1. The van der Waals surface area contributed by atoms with E-state index in [2.05, 4.69) is 63.7 Å². The number of hydrogen-bond donors (Lipinski definition) is 1. The van der Waals surface area contributed by atoms with Crippen molar-refractivity contribution in [1.82, 2.24) is 15.0 Å². The van der Waals surface area contributed by atoms with Gasteiger partial charge in [0.15, 0.2) is 5.75 Å². The highest BCUT2D eigenvalue weighted by Gasteiger charge is 2.21. The lowest BCUT2D eigenvalue weighted by Gasteiger charge is -2.28. The third-order valence-corrected chi connectivity index (χ3v) is 6.61. The average Bonchev–Trinajstić information content (AvgIpc) is 3.35. The zero-order valence-corrected chi connectivity index (χ0v) is 19.9. The van der Waals surface area contributed by atoms with Gasteiger partial charge in [-0.25, -0.2) is 15.0 Å². The van der Waals surface area contributed by atoms with Crippen molar-refractivity contribution in [3.05, 3.63) is 48.3 Å². The first-order chi connectivity index (χ1) is 15.8. The second-order valence-corrected chi connectivity index (χ2v) is 9.28. The molecule has 0 atom stereocenters. The summed E-state index contributed by atoms with van der Waals surface area (Å²) in [5, 5.41) is 4.54. The molecule has 6 nitrogen and oxygen atoms in total. The molecule has 1 saturated carbocycles. The van der Waals surface area contributed by atoms with E-state index < -0.39 is 0 Å². The zero-order valence-electron chi connectivity index (χ0n) is 19.1. The van der Waals surface area contributed by atoms with E-state index in [1.165, 1.54) is 31.2 Å². The maximum Gasteiger partial charge on any atom is 0.223 e. The highest BCUT2D eigenvalue weighted by molar-refractivity contribution is 7.98. The Morgan fingerprint density at radius 3 is 2.69 bits per heavy atom. The molecule has 1 aliphatic carbocycles. The molecule has 0 amide bonds. The highest BCUT2D eigenvalue weighted by Crippen LogP contribution is 2.30. The quantitative estimate of drug-likeness (QED) is 0.392. The van der Waals surface area contributed by atoms with Crippen LogP contribution in [0, 0.1) is 5.92 Å². The van der Waals surface area contributed by atoms with Crippen LogP contribution in [0.15, 0.2) is 42.7 Å². The van der Waals surface area contributed by atoms with Crippen LogP contribution < -0.4 is 15.0 Å². The van der Waals surface area contributed by atoms with Gasteiger partial charge in [-0.15, -0.1) is 0 Å². The van der Waals surface area contributed by atoms with Crippen molar-refractivity contribution >= 4 is 34.4 Å². The molecule has 170 valence electrons. The Kier molecular flexibility index (Phi) is 8.04. The van der Waals surface area contributed by atoms with Crippen LogP contribution in [0.2, 0.25) is 0 Å². The lowest BCUT2D eigenvalue weighted by Crippen LogP contribution is -2.30. The van der Waals surface area contributed by atoms with Crippen LogP contribution in [-0.2, 0) is 6.54 Å². The van der Waals surface area contributed by atoms with Crippen LogP contribution in [0.4, 0.5) is 11.8 Å². The first kappa shape index (κ1) is 22.6. The van der Waals surface area contributed by atoms with Crippen molar-refractivity contribution in [2.45, 2.75) is 39.2 Å². The molecule has 0 radical (unpaired) electrons. The Balaban J connectivity index is 1.51. The van der Waals surface area contributed by atoms with Crippen LogP contribution in [0.1, 0.15) is 38.2 Å². The third kappa shape index (κ3) is 5.82. The molecule has 0 unspecified atom stereocenters. The topological polar surface area (TPSA) is 63.2 Å². The smallest absolute Gasteiger partial charge is 0.223 e. The summed E-state index contributed by atoms with van der Waals surface area (Å²) in [6.45, 7) is 5.54. The molecule has 0 aliphatic heterocycles. The number of pyridine rings is 1. The molecular weight excluding hydrogens is 418 g/mol. The molecule has 1 aliphatic rings. The second-order valence-electron chi connectivity index (χ2n) is 8.29. The lowest BCUT2D eigenvalue weighted by molar-refractivity contribution is 0.341. The van der Waals surface area contributed by atoms with Crippen LogP contribution in [-0.4, -0.2) is 46.7 Å². The Morgan fingerprint density at radius 1 is 1.16 bits per heavy atom. The minimum absolute atomic E-state index is 0.597. The number of hydrogen-bond acceptors (Lipinski definition) is 7. The zero-order chi connectivity index (χ0) is 22.2. The maximum absolute atomic E-state index is 5.65. The number of rotatable bonds is 11. The molecule has 1 aromatic carbocycles. The van der Waals surface area contributed by atoms with E-state index in [1.807, 2.05) is 0 Å². The fourth-order valence-corrected chi connectivity index (χ4v) is 4.57. The number of anilines is 2. The summed E-state index contributed by atoms with van der Waals surface area (Å²) in [5.41, 5.74) is 2.21. The lowest BCUT2D eigenvalue weighted by atomic mass is 10.1.